The molecule has 0 radical (unpaired) electrons. The van der Waals surface area contributed by atoms with E-state index in [1.54, 1.807) is 105 Å². The van der Waals surface area contributed by atoms with E-state index in [9.17, 15) is 58.5 Å². The minimum Gasteiger partial charge on any atom is -0.481 e. The number of benzene rings is 3. The summed E-state index contributed by atoms with van der Waals surface area (Å²) in [6, 6.07) is 10.2. The highest BCUT2D eigenvalue weighted by Crippen LogP contribution is 2.21. The Hall–Kier alpha value is -9.44. The number of rotatable bonds is 39. The number of hydrogen-bond donors (Lipinski definition) is 16. The van der Waals surface area contributed by atoms with E-state index < -0.39 is 144 Å². The Kier molecular flexibility index (Phi) is 30.9. The van der Waals surface area contributed by atoms with Gasteiger partial charge in [-0.15, -0.1) is 0 Å². The number of fused-ring (bicyclic) bond motifs is 1. The predicted molar refractivity (Wildman–Crippen MR) is 348 cm³/mol. The van der Waals surface area contributed by atoms with Gasteiger partial charge in [0.2, 0.25) is 53.2 Å². The molecule has 0 aliphatic carbocycles. The van der Waals surface area contributed by atoms with Crippen LogP contribution in [0.5, 0.6) is 0 Å². The molecule has 4 rings (SSSR count). The molecule has 0 bridgehead atoms. The third-order valence-electron chi connectivity index (χ3n) is 14.9. The minimum atomic E-state index is -1.93. The van der Waals surface area contributed by atoms with E-state index in [1.807, 2.05) is 27.7 Å². The minimum absolute atomic E-state index is 0.0117. The van der Waals surface area contributed by atoms with Gasteiger partial charge in [-0.2, -0.15) is 0 Å². The lowest BCUT2D eigenvalue weighted by Crippen LogP contribution is -2.61. The predicted octanol–water partition coefficient (Wildman–Crippen LogP) is 0.286. The summed E-state index contributed by atoms with van der Waals surface area (Å²) in [5.41, 5.74) is 19.7. The number of aliphatic imine (C=N–C) groups is 1. The van der Waals surface area contributed by atoms with Gasteiger partial charge in [-0.05, 0) is 78.5 Å². The van der Waals surface area contributed by atoms with Gasteiger partial charge < -0.3 is 85.4 Å². The number of nitrogens with one attached hydrogen (secondary N) is 10. The molecule has 9 amide bonds. The van der Waals surface area contributed by atoms with Crippen LogP contribution in [0.2, 0.25) is 0 Å². The molecule has 93 heavy (non-hydrogen) atoms. The molecule has 0 aliphatic rings. The number of aromatic nitrogens is 1. The standard InChI is InChI=1S/C65H94N14O14/c1-35(2)26-43(66)55(83)72-46(27-36(3)4)57(85)74-48(29-39-18-11-9-12-19-39)59(87)75-49(30-40-20-13-10-14-21-40)60(88)76-50(31-41-33-70-44-23-16-15-22-42(41)44)61(89)73-47(28-37(5)6)58(86)77-51(32-53(81)82)62(90)71-45(24-17-25-69-65(67)68)56(84)78-52(34-80)63(91)79-54(38(7)8)64(92)93/h9-16,18-23,33,35-38,43,45-52,54,70,80H,17,24-32,34,66H2,1-8H3,(H,71,90)(H,72,83)(H,73,89)(H,74,85)(H,75,87)(H,76,88)(H,77,86)(H,78,84)(H,79,91)(H,81,82)(H,92,93)(H4,67,68,69)/t43-,45-,46-,47-,48-,49-,50-,51-,52-,54-/m0/s1. The highest BCUT2D eigenvalue weighted by Gasteiger charge is 2.37. The molecule has 4 aromatic rings. The largest absolute Gasteiger partial charge is 0.481 e. The normalized spacial score (nSPS) is 14.6. The zero-order valence-corrected chi connectivity index (χ0v) is 54.0. The average molecular weight is 1300 g/mol. The summed E-state index contributed by atoms with van der Waals surface area (Å²) in [6.45, 7) is 13.0. The molecule has 10 atom stereocenters. The number of nitrogens with two attached hydrogens (primary N) is 3. The van der Waals surface area contributed by atoms with E-state index in [0.717, 1.165) is 0 Å². The first kappa shape index (κ1) is 76.0. The van der Waals surface area contributed by atoms with E-state index in [1.165, 1.54) is 13.8 Å². The monoisotopic (exact) mass is 1290 g/mol. The van der Waals surface area contributed by atoms with Crippen molar-refractivity contribution in [3.63, 3.8) is 0 Å². The summed E-state index contributed by atoms with van der Waals surface area (Å²) in [7, 11) is 0. The highest BCUT2D eigenvalue weighted by atomic mass is 16.4. The molecule has 0 aliphatic heterocycles. The van der Waals surface area contributed by atoms with Crippen molar-refractivity contribution in [2.45, 2.75) is 174 Å². The molecule has 508 valence electrons. The molecule has 1 heterocycles. The Morgan fingerprint density at radius 2 is 0.871 bits per heavy atom. The maximum absolute atomic E-state index is 15.1. The number of aliphatic hydroxyl groups excluding tert-OH is 1. The summed E-state index contributed by atoms with van der Waals surface area (Å²) in [5, 5.41) is 53.8. The van der Waals surface area contributed by atoms with Crippen LogP contribution >= 0.6 is 0 Å². The molecule has 0 spiro atoms. The molecule has 0 unspecified atom stereocenters. The van der Waals surface area contributed by atoms with Crippen molar-refractivity contribution in [3.05, 3.63) is 108 Å². The second kappa shape index (κ2) is 37.8. The number of H-pyrrole nitrogens is 1. The lowest BCUT2D eigenvalue weighted by molar-refractivity contribution is -0.144. The molecule has 0 saturated heterocycles. The van der Waals surface area contributed by atoms with Crippen molar-refractivity contribution >= 4 is 82.0 Å². The summed E-state index contributed by atoms with van der Waals surface area (Å²) in [4.78, 5) is 160. The van der Waals surface area contributed by atoms with Gasteiger partial charge >= 0.3 is 11.9 Å². The SMILES string of the molecule is CC(C)C[C@H](NC(=O)[C@H](Cc1c[nH]c2ccccc12)NC(=O)[C@H](Cc1ccccc1)NC(=O)[C@H](Cc1ccccc1)NC(=O)[C@H](CC(C)C)NC(=O)[C@@H](N)CC(C)C)C(=O)N[C@@H](CC(=O)O)C(=O)N[C@@H](CCCN=C(N)N)C(=O)N[C@@H](CO)C(=O)N[C@H](C(=O)O)C(C)C. The number of guanidine groups is 1. The van der Waals surface area contributed by atoms with Crippen LogP contribution in [-0.2, 0) is 72.0 Å². The Balaban J connectivity index is 1.71. The van der Waals surface area contributed by atoms with Crippen LogP contribution in [0, 0.1) is 23.7 Å². The van der Waals surface area contributed by atoms with Gasteiger partial charge in [0.1, 0.15) is 54.4 Å². The number of aromatic amines is 1. The third-order valence-corrected chi connectivity index (χ3v) is 14.9. The number of carbonyl (C=O) groups excluding carboxylic acids is 9. The maximum atomic E-state index is 15.1. The Morgan fingerprint density at radius 3 is 1.33 bits per heavy atom. The molecular formula is C65H94N14O14. The van der Waals surface area contributed by atoms with Gasteiger partial charge in [0.15, 0.2) is 5.96 Å². The second-order valence-corrected chi connectivity index (χ2v) is 24.7. The Bertz CT molecular complexity index is 3190. The van der Waals surface area contributed by atoms with Crippen LogP contribution in [0.3, 0.4) is 0 Å². The van der Waals surface area contributed by atoms with Gasteiger partial charge in [0, 0.05) is 42.9 Å². The number of carboxylic acid groups (broad SMARTS) is 2. The second-order valence-electron chi connectivity index (χ2n) is 24.7. The molecule has 28 heteroatoms. The number of hydrogen-bond acceptors (Lipinski definition) is 14. The number of carbonyl (C=O) groups is 11. The molecule has 28 nitrogen and oxygen atoms in total. The fraction of sp³-hybridized carbons (Fsp3) is 0.508. The Labute approximate surface area is 541 Å². The van der Waals surface area contributed by atoms with E-state index >= 15 is 9.59 Å². The number of para-hydroxylation sites is 1. The molecule has 0 fully saturated rings. The molecular weight excluding hydrogens is 1200 g/mol. The zero-order chi connectivity index (χ0) is 69.1. The average Bonchev–Trinajstić information content (AvgIpc) is 2.24. The summed E-state index contributed by atoms with van der Waals surface area (Å²) in [6.07, 6.45) is 0.417. The number of aliphatic hydroxyl groups is 1. The fourth-order valence-electron chi connectivity index (χ4n) is 10.2. The van der Waals surface area contributed by atoms with Gasteiger partial charge in [0.25, 0.3) is 0 Å². The van der Waals surface area contributed by atoms with E-state index in [-0.39, 0.29) is 75.2 Å². The van der Waals surface area contributed by atoms with Crippen molar-refractivity contribution in [1.82, 2.24) is 52.8 Å². The summed E-state index contributed by atoms with van der Waals surface area (Å²) >= 11 is 0. The number of aliphatic carboxylic acids is 2. The first-order chi connectivity index (χ1) is 44.0. The van der Waals surface area contributed by atoms with Crippen LogP contribution in [-0.4, -0.2) is 165 Å². The lowest BCUT2D eigenvalue weighted by atomic mass is 9.98. The van der Waals surface area contributed by atoms with Gasteiger partial charge in [-0.25, -0.2) is 4.79 Å². The van der Waals surface area contributed by atoms with Crippen LogP contribution in [0.25, 0.3) is 10.9 Å². The topological polar surface area (TPSA) is 463 Å². The lowest BCUT2D eigenvalue weighted by Gasteiger charge is -2.29. The van der Waals surface area contributed by atoms with Crippen LogP contribution < -0.4 is 65.1 Å². The third kappa shape index (κ3) is 26.0. The highest BCUT2D eigenvalue weighted by molar-refractivity contribution is 6.00. The quantitative estimate of drug-likeness (QED) is 0.0162. The van der Waals surface area contributed by atoms with Crippen LogP contribution in [0.15, 0.2) is 96.1 Å². The van der Waals surface area contributed by atoms with E-state index in [0.29, 0.717) is 34.0 Å². The number of carboxylic acids is 2. The van der Waals surface area contributed by atoms with Gasteiger partial charge in [-0.3, -0.25) is 52.9 Å². The summed E-state index contributed by atoms with van der Waals surface area (Å²) in [5.74, 6) is -12.4. The van der Waals surface area contributed by atoms with Crippen molar-refractivity contribution in [2.24, 2.45) is 45.9 Å². The Morgan fingerprint density at radius 1 is 0.473 bits per heavy atom. The van der Waals surface area contributed by atoms with Gasteiger partial charge in [-0.1, -0.05) is 134 Å². The zero-order valence-electron chi connectivity index (χ0n) is 54.0. The maximum Gasteiger partial charge on any atom is 0.326 e. The van der Waals surface area contributed by atoms with Crippen molar-refractivity contribution in [2.75, 3.05) is 13.2 Å². The smallest absolute Gasteiger partial charge is 0.326 e. The first-order valence-corrected chi connectivity index (χ1v) is 31.2. The van der Waals surface area contributed by atoms with Crippen LogP contribution in [0.1, 0.15) is 111 Å². The van der Waals surface area contributed by atoms with Crippen molar-refractivity contribution in [3.8, 4) is 0 Å². The summed E-state index contributed by atoms with van der Waals surface area (Å²) < 4.78 is 0. The van der Waals surface area contributed by atoms with E-state index in [2.05, 4.69) is 57.8 Å². The molecule has 1 aromatic heterocycles. The van der Waals surface area contributed by atoms with Crippen molar-refractivity contribution in [1.29, 1.82) is 0 Å². The molecule has 0 saturated carbocycles. The molecule has 3 aromatic carbocycles. The fourth-order valence-corrected chi connectivity index (χ4v) is 10.2. The number of nitrogens with zero attached hydrogens (tertiary/aromatic N) is 1. The van der Waals surface area contributed by atoms with Gasteiger partial charge in [0.05, 0.1) is 19.1 Å². The molecule has 19 N–H and O–H groups in total. The number of amides is 9. The van der Waals surface area contributed by atoms with Crippen molar-refractivity contribution < 1.29 is 68.1 Å². The van der Waals surface area contributed by atoms with Crippen LogP contribution in [0.4, 0.5) is 0 Å². The first-order valence-electron chi connectivity index (χ1n) is 31.2. The van der Waals surface area contributed by atoms with E-state index in [4.69, 9.17) is 17.2 Å².